The highest BCUT2D eigenvalue weighted by molar-refractivity contribution is 5.75. The Morgan fingerprint density at radius 3 is 2.26 bits per heavy atom. The number of unbranched alkanes of at least 4 members (excludes halogenated alkanes) is 2. The first-order valence-corrected chi connectivity index (χ1v) is 15.0. The van der Waals surface area contributed by atoms with Crippen molar-refractivity contribution < 1.29 is 0 Å². The van der Waals surface area contributed by atoms with Crippen molar-refractivity contribution in [2.45, 2.75) is 64.8 Å². The van der Waals surface area contributed by atoms with Crippen LogP contribution in [0.1, 0.15) is 63.5 Å². The van der Waals surface area contributed by atoms with Crippen LogP contribution in [0.2, 0.25) is 0 Å². The number of nitrogens with two attached hydrogens (primary N) is 5. The summed E-state index contributed by atoms with van der Waals surface area (Å²) in [6, 6.07) is 8.53. The monoisotopic (exact) mass is 596 g/mol. The maximum absolute atomic E-state index is 5.72. The van der Waals surface area contributed by atoms with Crippen molar-refractivity contribution >= 4 is 11.7 Å². The summed E-state index contributed by atoms with van der Waals surface area (Å²) >= 11 is 0. The molecule has 43 heavy (non-hydrogen) atoms. The van der Waals surface area contributed by atoms with E-state index in [4.69, 9.17) is 22.9 Å². The second kappa shape index (κ2) is 26.8. The molecule has 1 aromatic carbocycles. The minimum atomic E-state index is -0.00777. The lowest BCUT2D eigenvalue weighted by atomic mass is 10.0. The van der Waals surface area contributed by atoms with E-state index in [0.717, 1.165) is 61.3 Å². The molecule has 1 aromatic rings. The third kappa shape index (κ3) is 22.2. The molecule has 0 amide bonds. The second-order valence-corrected chi connectivity index (χ2v) is 10.1. The van der Waals surface area contributed by atoms with E-state index in [1.54, 1.807) is 0 Å². The number of aryl methyl sites for hydroxylation is 1. The van der Waals surface area contributed by atoms with Crippen molar-refractivity contribution in [3.05, 3.63) is 104 Å². The molecule has 0 bridgehead atoms. The zero-order chi connectivity index (χ0) is 33.0. The molecule has 242 valence electrons. The van der Waals surface area contributed by atoms with Gasteiger partial charge in [-0.05, 0) is 75.4 Å². The van der Waals surface area contributed by atoms with E-state index in [1.165, 1.54) is 24.6 Å². The molecule has 0 saturated heterocycles. The molecule has 0 radical (unpaired) electrons. The number of hydrogen-bond donors (Lipinski definition) is 7. The molecule has 9 heteroatoms. The highest BCUT2D eigenvalue weighted by atomic mass is 15.2. The van der Waals surface area contributed by atoms with Gasteiger partial charge in [-0.2, -0.15) is 0 Å². The van der Waals surface area contributed by atoms with Crippen molar-refractivity contribution in [3.63, 3.8) is 0 Å². The fourth-order valence-corrected chi connectivity index (χ4v) is 3.80. The van der Waals surface area contributed by atoms with Gasteiger partial charge in [0.05, 0.1) is 19.1 Å². The van der Waals surface area contributed by atoms with E-state index in [-0.39, 0.29) is 12.0 Å². The standard InChI is InChI=1S/C28H45N7.C4H11N.C2H5N/c1-7-8-9-10-13-25-14-11-15-26(18-25)23(4)34-20-22(3)35(6)27(16-12-17-32-28(30)31)24(5)33-19-21(2)29;1-2-3-4-5;1-2-3/h7-8,11,14-15,18,27,33-34H,2-5,9-10,12-13,16-17,19-20,29H2,1,6H3,(H4,30,31,32);2-5H2,1H3;2H,1,3H2/b8-7+;;. The average Bonchev–Trinajstić information content (AvgIpc) is 2.97. The van der Waals surface area contributed by atoms with Crippen LogP contribution >= 0.6 is 0 Å². The van der Waals surface area contributed by atoms with Crippen LogP contribution in [0.15, 0.2) is 97.6 Å². The molecular formula is C34H61N9. The lowest BCUT2D eigenvalue weighted by molar-refractivity contribution is 0.305. The molecule has 0 heterocycles. The first-order valence-electron chi connectivity index (χ1n) is 15.0. The highest BCUT2D eigenvalue weighted by Gasteiger charge is 2.19. The van der Waals surface area contributed by atoms with Gasteiger partial charge in [-0.25, -0.2) is 0 Å². The summed E-state index contributed by atoms with van der Waals surface area (Å²) in [6.45, 7) is 26.2. The van der Waals surface area contributed by atoms with Crippen LogP contribution < -0.4 is 39.3 Å². The first kappa shape index (κ1) is 41.0. The minimum absolute atomic E-state index is 0.00777. The summed E-state index contributed by atoms with van der Waals surface area (Å²) in [4.78, 5) is 6.20. The number of nitrogens with zero attached hydrogens (tertiary/aromatic N) is 2. The predicted octanol–water partition coefficient (Wildman–Crippen LogP) is 4.42. The van der Waals surface area contributed by atoms with Gasteiger partial charge < -0.3 is 44.2 Å². The first-order chi connectivity index (χ1) is 20.5. The van der Waals surface area contributed by atoms with Crippen molar-refractivity contribution in [3.8, 4) is 0 Å². The van der Waals surface area contributed by atoms with Crippen LogP contribution in [0, 0.1) is 0 Å². The number of rotatable bonds is 20. The summed E-state index contributed by atoms with van der Waals surface area (Å²) in [6.07, 6.45) is 12.8. The Balaban J connectivity index is 0. The molecule has 1 rings (SSSR count). The summed E-state index contributed by atoms with van der Waals surface area (Å²) in [7, 11) is 2.01. The molecule has 0 aliphatic heterocycles. The van der Waals surface area contributed by atoms with Gasteiger partial charge in [-0.1, -0.05) is 76.6 Å². The lowest BCUT2D eigenvalue weighted by Crippen LogP contribution is -2.40. The van der Waals surface area contributed by atoms with Gasteiger partial charge in [-0.3, -0.25) is 4.99 Å². The SMILES string of the molecule is C=C(N)CNC(=C)C(CCCN=C(N)N)N(C)C(=C)CNC(=C)c1cccc(CCC/C=C/C)c1.C=CN.CCCCN. The Morgan fingerprint density at radius 2 is 1.72 bits per heavy atom. The molecular weight excluding hydrogens is 534 g/mol. The van der Waals surface area contributed by atoms with Crippen molar-refractivity contribution in [2.24, 2.45) is 33.7 Å². The van der Waals surface area contributed by atoms with Gasteiger partial charge in [0.1, 0.15) is 0 Å². The van der Waals surface area contributed by atoms with Crippen molar-refractivity contribution in [2.75, 3.05) is 33.2 Å². The normalized spacial score (nSPS) is 10.6. The topological polar surface area (TPSA) is 170 Å². The van der Waals surface area contributed by atoms with Crippen LogP contribution in [0.4, 0.5) is 0 Å². The van der Waals surface area contributed by atoms with Gasteiger partial charge in [0.25, 0.3) is 0 Å². The van der Waals surface area contributed by atoms with Gasteiger partial charge in [-0.15, -0.1) is 0 Å². The zero-order valence-corrected chi connectivity index (χ0v) is 27.2. The molecule has 0 aromatic heterocycles. The highest BCUT2D eigenvalue weighted by Crippen LogP contribution is 2.18. The van der Waals surface area contributed by atoms with E-state index in [2.05, 4.69) is 109 Å². The Bertz CT molecular complexity index is 1000. The van der Waals surface area contributed by atoms with Gasteiger partial charge >= 0.3 is 0 Å². The largest absolute Gasteiger partial charge is 0.405 e. The Labute approximate surface area is 262 Å². The van der Waals surface area contributed by atoms with Crippen molar-refractivity contribution in [1.29, 1.82) is 0 Å². The Morgan fingerprint density at radius 1 is 1.05 bits per heavy atom. The maximum Gasteiger partial charge on any atom is 0.185 e. The number of hydrogen-bond acceptors (Lipinski definition) is 7. The van der Waals surface area contributed by atoms with Crippen LogP contribution in [0.5, 0.6) is 0 Å². The fraction of sp³-hybridized carbons (Fsp3) is 0.441. The van der Waals surface area contributed by atoms with Gasteiger partial charge in [0, 0.05) is 36.4 Å². The van der Waals surface area contributed by atoms with Gasteiger partial charge in [0.2, 0.25) is 0 Å². The number of guanidine groups is 1. The Kier molecular flexibility index (Phi) is 25.5. The van der Waals surface area contributed by atoms with E-state index in [9.17, 15) is 0 Å². The van der Waals surface area contributed by atoms with Crippen LogP contribution in [-0.2, 0) is 6.42 Å². The van der Waals surface area contributed by atoms with E-state index in [0.29, 0.717) is 25.3 Å². The molecule has 0 fully saturated rings. The van der Waals surface area contributed by atoms with E-state index < -0.39 is 0 Å². The third-order valence-corrected chi connectivity index (χ3v) is 6.25. The van der Waals surface area contributed by atoms with E-state index >= 15 is 0 Å². The number of likely N-dealkylation sites (N-methyl/N-ethyl adjacent to an activating group) is 1. The molecule has 9 nitrogen and oxygen atoms in total. The Hall–Kier alpha value is -4.11. The molecule has 1 atom stereocenters. The molecule has 0 aliphatic rings. The van der Waals surface area contributed by atoms with E-state index in [1.807, 2.05) is 7.05 Å². The van der Waals surface area contributed by atoms with Crippen molar-refractivity contribution in [1.82, 2.24) is 15.5 Å². The maximum atomic E-state index is 5.72. The number of allylic oxidation sites excluding steroid dienone is 2. The lowest BCUT2D eigenvalue weighted by Gasteiger charge is -2.34. The fourth-order valence-electron chi connectivity index (χ4n) is 3.80. The molecule has 12 N–H and O–H groups in total. The van der Waals surface area contributed by atoms with Crippen LogP contribution in [-0.4, -0.2) is 50.1 Å². The summed E-state index contributed by atoms with van der Waals surface area (Å²) in [5.41, 5.74) is 31.9. The quantitative estimate of drug-likeness (QED) is 0.0503. The molecule has 0 saturated carbocycles. The predicted molar refractivity (Wildman–Crippen MR) is 191 cm³/mol. The summed E-state index contributed by atoms with van der Waals surface area (Å²) < 4.78 is 0. The molecule has 1 unspecified atom stereocenters. The summed E-state index contributed by atoms with van der Waals surface area (Å²) in [5, 5.41) is 6.68. The number of aliphatic imine (C=N–C) groups is 1. The minimum Gasteiger partial charge on any atom is -0.405 e. The number of nitrogens with one attached hydrogen (secondary N) is 2. The molecule has 0 spiro atoms. The smallest absolute Gasteiger partial charge is 0.185 e. The van der Waals surface area contributed by atoms with Crippen LogP contribution in [0.3, 0.4) is 0 Å². The third-order valence-electron chi connectivity index (χ3n) is 6.25. The number of benzene rings is 1. The second-order valence-electron chi connectivity index (χ2n) is 10.1. The van der Waals surface area contributed by atoms with Crippen LogP contribution in [0.25, 0.3) is 5.70 Å². The zero-order valence-electron chi connectivity index (χ0n) is 27.2. The van der Waals surface area contributed by atoms with Gasteiger partial charge in [0.15, 0.2) is 5.96 Å². The average molecular weight is 596 g/mol. The summed E-state index contributed by atoms with van der Waals surface area (Å²) in [5.74, 6) is 0.0975. The molecule has 0 aliphatic carbocycles.